The van der Waals surface area contributed by atoms with Gasteiger partial charge >= 0.3 is 5.97 Å². The lowest BCUT2D eigenvalue weighted by Crippen LogP contribution is -2.34. The predicted molar refractivity (Wildman–Crippen MR) is 84.3 cm³/mol. The van der Waals surface area contributed by atoms with Crippen LogP contribution in [0.1, 0.15) is 62.0 Å². The van der Waals surface area contributed by atoms with Crippen molar-refractivity contribution < 1.29 is 9.53 Å². The van der Waals surface area contributed by atoms with Crippen molar-refractivity contribution in [3.05, 3.63) is 23.0 Å². The highest BCUT2D eigenvalue weighted by Crippen LogP contribution is 2.32. The molecule has 0 bridgehead atoms. The van der Waals surface area contributed by atoms with Gasteiger partial charge in [-0.25, -0.2) is 0 Å². The van der Waals surface area contributed by atoms with Gasteiger partial charge in [0.15, 0.2) is 0 Å². The second-order valence-corrected chi connectivity index (χ2v) is 6.12. The van der Waals surface area contributed by atoms with E-state index < -0.39 is 6.04 Å². The fourth-order valence-corrected chi connectivity index (χ4v) is 3.52. The molecular formula is C17H28N2O2. The van der Waals surface area contributed by atoms with Gasteiger partial charge in [-0.05, 0) is 51.7 Å². The van der Waals surface area contributed by atoms with Gasteiger partial charge in [-0.15, -0.1) is 0 Å². The molecule has 4 heteroatoms. The molecule has 1 aromatic heterocycles. The lowest BCUT2D eigenvalue weighted by atomic mass is 9.95. The molecule has 1 atom stereocenters. The normalized spacial score (nSPS) is 17.7. The summed E-state index contributed by atoms with van der Waals surface area (Å²) in [6.07, 6.45) is 7.08. The first-order valence-electron chi connectivity index (χ1n) is 8.14. The molecule has 0 aromatic carbocycles. The lowest BCUT2D eigenvalue weighted by molar-refractivity contribution is -0.144. The average Bonchev–Trinajstić information content (AvgIpc) is 2.74. The first-order valence-corrected chi connectivity index (χ1v) is 8.14. The molecule has 118 valence electrons. The Balaban J connectivity index is 2.13. The number of hydrogen-bond acceptors (Lipinski definition) is 3. The summed E-state index contributed by atoms with van der Waals surface area (Å²) in [6, 6.07) is 2.24. The summed E-state index contributed by atoms with van der Waals surface area (Å²) in [6.45, 7) is 6.49. The second kappa shape index (κ2) is 7.12. The largest absolute Gasteiger partial charge is 0.465 e. The van der Waals surface area contributed by atoms with Crippen molar-refractivity contribution in [2.24, 2.45) is 5.73 Å². The van der Waals surface area contributed by atoms with Crippen LogP contribution in [0.5, 0.6) is 0 Å². The number of carbonyl (C=O) groups is 1. The maximum Gasteiger partial charge on any atom is 0.323 e. The van der Waals surface area contributed by atoms with Crippen molar-refractivity contribution in [3.63, 3.8) is 0 Å². The van der Waals surface area contributed by atoms with E-state index in [1.807, 2.05) is 0 Å². The summed E-state index contributed by atoms with van der Waals surface area (Å²) in [5.74, 6) is -0.306. The number of esters is 1. The fraction of sp³-hybridized carbons (Fsp3) is 0.706. The molecular weight excluding hydrogens is 264 g/mol. The van der Waals surface area contributed by atoms with Crippen LogP contribution in [0.25, 0.3) is 0 Å². The van der Waals surface area contributed by atoms with E-state index in [-0.39, 0.29) is 5.97 Å². The van der Waals surface area contributed by atoms with Crippen molar-refractivity contribution in [2.45, 2.75) is 71.4 Å². The maximum atomic E-state index is 11.7. The Bertz CT molecular complexity index is 487. The van der Waals surface area contributed by atoms with Gasteiger partial charge in [0, 0.05) is 17.4 Å². The number of nitrogens with zero attached hydrogens (tertiary/aromatic N) is 1. The molecule has 0 spiro atoms. The summed E-state index contributed by atoms with van der Waals surface area (Å²) in [5.41, 5.74) is 9.68. The second-order valence-electron chi connectivity index (χ2n) is 6.12. The molecule has 2 N–H and O–H groups in total. The van der Waals surface area contributed by atoms with Crippen molar-refractivity contribution >= 4 is 5.97 Å². The van der Waals surface area contributed by atoms with Gasteiger partial charge in [-0.3, -0.25) is 4.79 Å². The van der Waals surface area contributed by atoms with Gasteiger partial charge in [-0.1, -0.05) is 19.3 Å². The molecule has 1 fully saturated rings. The number of hydrogen-bond donors (Lipinski definition) is 1. The molecule has 2 rings (SSSR count). The van der Waals surface area contributed by atoms with Gasteiger partial charge in [0.1, 0.15) is 6.04 Å². The van der Waals surface area contributed by atoms with Crippen molar-refractivity contribution in [3.8, 4) is 0 Å². The third kappa shape index (κ3) is 3.67. The minimum atomic E-state index is -0.565. The van der Waals surface area contributed by atoms with E-state index in [0.29, 0.717) is 19.1 Å². The molecule has 1 unspecified atom stereocenters. The molecule has 1 aliphatic rings. The van der Waals surface area contributed by atoms with Crippen LogP contribution in [0.15, 0.2) is 6.07 Å². The Labute approximate surface area is 127 Å². The average molecular weight is 292 g/mol. The Morgan fingerprint density at radius 2 is 2.05 bits per heavy atom. The van der Waals surface area contributed by atoms with Gasteiger partial charge in [-0.2, -0.15) is 0 Å². The molecule has 1 heterocycles. The first kappa shape index (κ1) is 16.1. The predicted octanol–water partition coefficient (Wildman–Crippen LogP) is 3.04. The van der Waals surface area contributed by atoms with Gasteiger partial charge < -0.3 is 15.0 Å². The van der Waals surface area contributed by atoms with Crippen LogP contribution >= 0.6 is 0 Å². The smallest absolute Gasteiger partial charge is 0.323 e. The maximum absolute atomic E-state index is 11.7. The summed E-state index contributed by atoms with van der Waals surface area (Å²) in [4.78, 5) is 11.7. The summed E-state index contributed by atoms with van der Waals surface area (Å²) < 4.78 is 7.45. The topological polar surface area (TPSA) is 57.2 Å². The van der Waals surface area contributed by atoms with E-state index in [4.69, 9.17) is 10.5 Å². The molecule has 1 aromatic rings. The summed E-state index contributed by atoms with van der Waals surface area (Å²) in [5, 5.41) is 0. The SMILES string of the molecule is CCOC(=O)C(N)Cc1cc(C)n(C2CCCCC2)c1C. The van der Waals surface area contributed by atoms with Crippen LogP contribution in [0.2, 0.25) is 0 Å². The minimum Gasteiger partial charge on any atom is -0.465 e. The van der Waals surface area contributed by atoms with E-state index in [2.05, 4.69) is 24.5 Å². The van der Waals surface area contributed by atoms with E-state index in [9.17, 15) is 4.79 Å². The number of aromatic nitrogens is 1. The summed E-state index contributed by atoms with van der Waals surface area (Å²) in [7, 11) is 0. The highest BCUT2D eigenvalue weighted by Gasteiger charge is 2.22. The third-order valence-corrected chi connectivity index (χ3v) is 4.56. The van der Waals surface area contributed by atoms with Crippen molar-refractivity contribution in [1.29, 1.82) is 0 Å². The Morgan fingerprint density at radius 3 is 2.67 bits per heavy atom. The lowest BCUT2D eigenvalue weighted by Gasteiger charge is -2.26. The van der Waals surface area contributed by atoms with E-state index in [1.54, 1.807) is 6.92 Å². The molecule has 0 saturated heterocycles. The molecule has 0 aliphatic heterocycles. The highest BCUT2D eigenvalue weighted by atomic mass is 16.5. The zero-order chi connectivity index (χ0) is 15.4. The number of aryl methyl sites for hydroxylation is 1. The molecule has 21 heavy (non-hydrogen) atoms. The van der Waals surface area contributed by atoms with Gasteiger partial charge in [0.05, 0.1) is 6.61 Å². The van der Waals surface area contributed by atoms with Gasteiger partial charge in [0.25, 0.3) is 0 Å². The number of nitrogens with two attached hydrogens (primary N) is 1. The van der Waals surface area contributed by atoms with E-state index in [0.717, 1.165) is 0 Å². The quantitative estimate of drug-likeness (QED) is 0.849. The van der Waals surface area contributed by atoms with Crippen molar-refractivity contribution in [1.82, 2.24) is 4.57 Å². The molecule has 4 nitrogen and oxygen atoms in total. The van der Waals surface area contributed by atoms with Crippen LogP contribution in [-0.2, 0) is 16.0 Å². The zero-order valence-corrected chi connectivity index (χ0v) is 13.5. The van der Waals surface area contributed by atoms with E-state index in [1.165, 1.54) is 49.1 Å². The number of carbonyl (C=O) groups excluding carboxylic acids is 1. The monoisotopic (exact) mass is 292 g/mol. The molecule has 1 aliphatic carbocycles. The number of rotatable bonds is 5. The van der Waals surface area contributed by atoms with Gasteiger partial charge in [0.2, 0.25) is 0 Å². The molecule has 0 amide bonds. The van der Waals surface area contributed by atoms with Crippen LogP contribution in [0.4, 0.5) is 0 Å². The Morgan fingerprint density at radius 1 is 1.38 bits per heavy atom. The molecule has 1 saturated carbocycles. The molecule has 0 radical (unpaired) electrons. The van der Waals surface area contributed by atoms with Crippen LogP contribution in [0.3, 0.4) is 0 Å². The van der Waals surface area contributed by atoms with Crippen LogP contribution in [0, 0.1) is 13.8 Å². The van der Waals surface area contributed by atoms with Crippen molar-refractivity contribution in [2.75, 3.05) is 6.61 Å². The fourth-order valence-electron chi connectivity index (χ4n) is 3.52. The standard InChI is InChI=1S/C17H28N2O2/c1-4-21-17(20)16(18)11-14-10-12(2)19(13(14)3)15-8-6-5-7-9-15/h10,15-16H,4-9,11,18H2,1-3H3. The zero-order valence-electron chi connectivity index (χ0n) is 13.5. The highest BCUT2D eigenvalue weighted by molar-refractivity contribution is 5.75. The Hall–Kier alpha value is -1.29. The van der Waals surface area contributed by atoms with Crippen LogP contribution in [-0.4, -0.2) is 23.2 Å². The Kier molecular flexibility index (Phi) is 5.45. The number of ether oxygens (including phenoxy) is 1. The van der Waals surface area contributed by atoms with Crippen LogP contribution < -0.4 is 5.73 Å². The minimum absolute atomic E-state index is 0.306. The first-order chi connectivity index (χ1) is 10.0. The summed E-state index contributed by atoms with van der Waals surface area (Å²) >= 11 is 0. The third-order valence-electron chi connectivity index (χ3n) is 4.56. The van der Waals surface area contributed by atoms with E-state index >= 15 is 0 Å².